The smallest absolute Gasteiger partial charge is 0.249 e. The topological polar surface area (TPSA) is 89.8 Å². The third-order valence-corrected chi connectivity index (χ3v) is 8.45. The van der Waals surface area contributed by atoms with E-state index >= 15 is 0 Å². The summed E-state index contributed by atoms with van der Waals surface area (Å²) in [5, 5.41) is 32.9. The molecule has 5 nitrogen and oxygen atoms in total. The Kier molecular flexibility index (Phi) is 33.3. The van der Waals surface area contributed by atoms with Crippen LogP contribution in [-0.2, 0) is 4.79 Å². The Balaban J connectivity index is 3.82. The molecule has 0 aromatic rings. The molecule has 5 heteroatoms. The van der Waals surface area contributed by atoms with Crippen LogP contribution in [0, 0.1) is 0 Å². The molecule has 0 heterocycles. The van der Waals surface area contributed by atoms with E-state index in [2.05, 4.69) is 43.5 Å². The number of carbonyl (C=O) groups excluding carboxylic acids is 1. The van der Waals surface area contributed by atoms with Crippen molar-refractivity contribution in [1.29, 1.82) is 0 Å². The van der Waals surface area contributed by atoms with Gasteiger partial charge in [-0.1, -0.05) is 159 Å². The number of nitrogens with one attached hydrogen (secondary N) is 1. The molecule has 44 heavy (non-hydrogen) atoms. The highest BCUT2D eigenvalue weighted by atomic mass is 16.3. The van der Waals surface area contributed by atoms with Crippen LogP contribution in [0.1, 0.15) is 181 Å². The summed E-state index contributed by atoms with van der Waals surface area (Å²) < 4.78 is 0. The number of amides is 1. The van der Waals surface area contributed by atoms with Gasteiger partial charge in [-0.2, -0.15) is 0 Å². The average Bonchev–Trinajstić information content (AvgIpc) is 3.03. The minimum absolute atomic E-state index is 0.380. The van der Waals surface area contributed by atoms with E-state index in [0.29, 0.717) is 6.42 Å². The minimum atomic E-state index is -1.11. The summed E-state index contributed by atoms with van der Waals surface area (Å²) in [4.78, 5) is 12.4. The Morgan fingerprint density at radius 3 is 1.39 bits per heavy atom. The van der Waals surface area contributed by atoms with Crippen molar-refractivity contribution in [2.75, 3.05) is 6.61 Å². The monoisotopic (exact) mass is 620 g/mol. The third kappa shape index (κ3) is 29.3. The number of hydrogen-bond donors (Lipinski definition) is 4. The van der Waals surface area contributed by atoms with Gasteiger partial charge in [0.1, 0.15) is 6.10 Å². The summed E-state index contributed by atoms with van der Waals surface area (Å²) >= 11 is 0. The van der Waals surface area contributed by atoms with Crippen molar-refractivity contribution in [2.24, 2.45) is 0 Å². The average molecular weight is 620 g/mol. The standard InChI is InChI=1S/C39H73NO4/c1-3-5-7-9-11-13-15-17-19-21-23-25-27-29-31-33-37(42)36(35-41)40-39(44)38(43)34-32-30-28-26-24-22-20-18-16-14-12-10-8-6-4-2/h20,22-23,25,31,33,36-38,41-43H,3-19,21,24,26-30,32,34-35H2,1-2H3,(H,40,44)/b22-20-,25-23+,33-31+. The SMILES string of the molecule is CCCCCCCCC/C=C\CCCCCCC(O)C(=O)NC(CO)C(O)/C=C/CC/C=C/CCCCCCCCCCC. The molecule has 4 N–H and O–H groups in total. The molecule has 0 radical (unpaired) electrons. The van der Waals surface area contributed by atoms with Gasteiger partial charge in [-0.15, -0.1) is 0 Å². The lowest BCUT2D eigenvalue weighted by Crippen LogP contribution is -2.48. The number of aliphatic hydroxyl groups excluding tert-OH is 3. The summed E-state index contributed by atoms with van der Waals surface area (Å²) in [6, 6.07) is -0.816. The van der Waals surface area contributed by atoms with Crippen molar-refractivity contribution in [3.05, 3.63) is 36.5 Å². The second-order valence-electron chi connectivity index (χ2n) is 12.8. The summed E-state index contributed by atoms with van der Waals surface area (Å²) in [7, 11) is 0. The van der Waals surface area contributed by atoms with Gasteiger partial charge in [-0.05, 0) is 57.8 Å². The van der Waals surface area contributed by atoms with Gasteiger partial charge in [0, 0.05) is 0 Å². The number of carbonyl (C=O) groups is 1. The van der Waals surface area contributed by atoms with Crippen molar-refractivity contribution in [1.82, 2.24) is 5.32 Å². The van der Waals surface area contributed by atoms with Crippen molar-refractivity contribution in [3.8, 4) is 0 Å². The van der Waals surface area contributed by atoms with Crippen LogP contribution in [0.25, 0.3) is 0 Å². The van der Waals surface area contributed by atoms with E-state index in [-0.39, 0.29) is 6.61 Å². The maximum atomic E-state index is 12.4. The van der Waals surface area contributed by atoms with Crippen molar-refractivity contribution in [2.45, 2.75) is 199 Å². The number of hydrogen-bond acceptors (Lipinski definition) is 4. The second-order valence-corrected chi connectivity index (χ2v) is 12.8. The van der Waals surface area contributed by atoms with Crippen molar-refractivity contribution >= 4 is 5.91 Å². The van der Waals surface area contributed by atoms with Crippen LogP contribution >= 0.6 is 0 Å². The molecule has 3 unspecified atom stereocenters. The largest absolute Gasteiger partial charge is 0.394 e. The second kappa shape index (κ2) is 34.4. The van der Waals surface area contributed by atoms with Crippen molar-refractivity contribution in [3.63, 3.8) is 0 Å². The van der Waals surface area contributed by atoms with E-state index < -0.39 is 24.2 Å². The zero-order chi connectivity index (χ0) is 32.4. The molecule has 0 bridgehead atoms. The molecule has 0 aliphatic rings. The third-order valence-electron chi connectivity index (χ3n) is 8.45. The van der Waals surface area contributed by atoms with Gasteiger partial charge in [0.25, 0.3) is 0 Å². The van der Waals surface area contributed by atoms with Gasteiger partial charge in [-0.3, -0.25) is 4.79 Å². The number of rotatable bonds is 33. The summed E-state index contributed by atoms with van der Waals surface area (Å²) in [6.45, 7) is 4.14. The van der Waals surface area contributed by atoms with Gasteiger partial charge < -0.3 is 20.6 Å². The zero-order valence-electron chi connectivity index (χ0n) is 29.0. The van der Waals surface area contributed by atoms with E-state index in [0.717, 1.165) is 51.4 Å². The number of allylic oxidation sites excluding steroid dienone is 5. The molecule has 1 amide bonds. The fraction of sp³-hybridized carbons (Fsp3) is 0.821. The Labute approximate surface area is 273 Å². The molecule has 0 saturated heterocycles. The quantitative estimate of drug-likeness (QED) is 0.0435. The van der Waals surface area contributed by atoms with Gasteiger partial charge >= 0.3 is 0 Å². The first-order valence-electron chi connectivity index (χ1n) is 18.8. The highest BCUT2D eigenvalue weighted by molar-refractivity contribution is 5.80. The fourth-order valence-corrected chi connectivity index (χ4v) is 5.43. The molecular formula is C39H73NO4. The van der Waals surface area contributed by atoms with Crippen LogP contribution < -0.4 is 5.32 Å². The van der Waals surface area contributed by atoms with Crippen LogP contribution in [0.4, 0.5) is 0 Å². The lowest BCUT2D eigenvalue weighted by atomic mass is 10.1. The summed E-state index contributed by atoms with van der Waals surface area (Å²) in [5.41, 5.74) is 0. The molecule has 0 aliphatic carbocycles. The van der Waals surface area contributed by atoms with Crippen LogP contribution in [0.2, 0.25) is 0 Å². The molecule has 0 fully saturated rings. The molecule has 0 saturated carbocycles. The minimum Gasteiger partial charge on any atom is -0.394 e. The van der Waals surface area contributed by atoms with Crippen LogP contribution in [0.5, 0.6) is 0 Å². The van der Waals surface area contributed by atoms with Gasteiger partial charge in [0.05, 0.1) is 18.8 Å². The Hall–Kier alpha value is -1.43. The predicted octanol–water partition coefficient (Wildman–Crippen LogP) is 10.0. The van der Waals surface area contributed by atoms with E-state index in [1.165, 1.54) is 109 Å². The first-order valence-corrected chi connectivity index (χ1v) is 18.8. The highest BCUT2D eigenvalue weighted by Gasteiger charge is 2.22. The number of aliphatic hydroxyl groups is 3. The van der Waals surface area contributed by atoms with Gasteiger partial charge in [0.15, 0.2) is 0 Å². The highest BCUT2D eigenvalue weighted by Crippen LogP contribution is 2.12. The maximum Gasteiger partial charge on any atom is 0.249 e. The first kappa shape index (κ1) is 42.6. The molecule has 0 spiro atoms. The lowest BCUT2D eigenvalue weighted by molar-refractivity contribution is -0.131. The zero-order valence-corrected chi connectivity index (χ0v) is 29.0. The molecular weight excluding hydrogens is 546 g/mol. The molecule has 258 valence electrons. The molecule has 0 aromatic carbocycles. The lowest BCUT2D eigenvalue weighted by Gasteiger charge is -2.21. The molecule has 0 aromatic heterocycles. The fourth-order valence-electron chi connectivity index (χ4n) is 5.43. The van der Waals surface area contributed by atoms with E-state index in [4.69, 9.17) is 0 Å². The van der Waals surface area contributed by atoms with Crippen LogP contribution in [0.3, 0.4) is 0 Å². The van der Waals surface area contributed by atoms with Gasteiger partial charge in [-0.25, -0.2) is 0 Å². The first-order chi connectivity index (χ1) is 21.6. The van der Waals surface area contributed by atoms with E-state index in [1.54, 1.807) is 6.08 Å². The van der Waals surface area contributed by atoms with E-state index in [1.807, 2.05) is 6.08 Å². The van der Waals surface area contributed by atoms with E-state index in [9.17, 15) is 20.1 Å². The number of unbranched alkanes of at least 4 members (excludes halogenated alkanes) is 21. The molecule has 3 atom stereocenters. The predicted molar refractivity (Wildman–Crippen MR) is 190 cm³/mol. The Morgan fingerprint density at radius 2 is 0.932 bits per heavy atom. The molecule has 0 aliphatic heterocycles. The van der Waals surface area contributed by atoms with Crippen molar-refractivity contribution < 1.29 is 20.1 Å². The van der Waals surface area contributed by atoms with Gasteiger partial charge in [0.2, 0.25) is 5.91 Å². The summed E-state index contributed by atoms with van der Waals surface area (Å²) in [6.07, 6.45) is 41.6. The molecule has 0 rings (SSSR count). The Bertz CT molecular complexity index is 690. The van der Waals surface area contributed by atoms with Crippen LogP contribution in [0.15, 0.2) is 36.5 Å². The Morgan fingerprint density at radius 1 is 0.545 bits per heavy atom. The maximum absolute atomic E-state index is 12.4. The normalized spacial score (nSPS) is 14.2. The summed E-state index contributed by atoms with van der Waals surface area (Å²) in [5.74, 6) is -0.524. The van der Waals surface area contributed by atoms with Crippen LogP contribution in [-0.4, -0.2) is 46.1 Å².